The van der Waals surface area contributed by atoms with Gasteiger partial charge in [-0.2, -0.15) is 74.6 Å². The van der Waals surface area contributed by atoms with Crippen LogP contribution in [0.5, 0.6) is 5.75 Å². The fourth-order valence-corrected chi connectivity index (χ4v) is 2.52. The van der Waals surface area contributed by atoms with Crippen LogP contribution in [-0.4, -0.2) is 67.3 Å². The number of carbonyl (C=O) groups excluding carboxylic acids is 1. The first kappa shape index (κ1) is 33.3. The molecule has 220 valence electrons. The van der Waals surface area contributed by atoms with Crippen molar-refractivity contribution in [2.75, 3.05) is 13.7 Å². The molecule has 0 unspecified atom stereocenters. The number of halogens is 17. The molecule has 0 aliphatic carbocycles. The largest absolute Gasteiger partial charge is 0.496 e. The van der Waals surface area contributed by atoms with Crippen molar-refractivity contribution in [2.45, 2.75) is 54.1 Å². The predicted molar refractivity (Wildman–Crippen MR) is 88.6 cm³/mol. The van der Waals surface area contributed by atoms with E-state index < -0.39 is 72.2 Å². The van der Waals surface area contributed by atoms with Crippen molar-refractivity contribution in [3.05, 3.63) is 29.8 Å². The highest BCUT2D eigenvalue weighted by molar-refractivity contribution is 5.92. The molecule has 1 aromatic carbocycles. The summed E-state index contributed by atoms with van der Waals surface area (Å²) in [6.07, 6.45) is -10.7. The van der Waals surface area contributed by atoms with Crippen LogP contribution < -0.4 is 4.74 Å². The molecule has 0 saturated carbocycles. The number of rotatable bonds is 11. The van der Waals surface area contributed by atoms with Crippen molar-refractivity contribution in [3.63, 3.8) is 0 Å². The third kappa shape index (κ3) is 4.89. The van der Waals surface area contributed by atoms with Crippen LogP contribution in [0, 0.1) is 0 Å². The lowest BCUT2D eigenvalue weighted by Crippen LogP contribution is -2.74. The van der Waals surface area contributed by atoms with Gasteiger partial charge in [-0.05, 0) is 12.1 Å². The lowest BCUT2D eigenvalue weighted by atomic mass is 9.88. The number of hydrogen-bond acceptors (Lipinski definition) is 3. The van der Waals surface area contributed by atoms with E-state index in [4.69, 9.17) is 0 Å². The molecule has 0 amide bonds. The van der Waals surface area contributed by atoms with Crippen LogP contribution in [0.3, 0.4) is 0 Å². The second-order valence-electron chi connectivity index (χ2n) is 7.23. The van der Waals surface area contributed by atoms with Crippen LogP contribution in [0.15, 0.2) is 24.3 Å². The number of hydrogen-bond donors (Lipinski definition) is 0. The molecule has 0 fully saturated rings. The molecule has 0 bridgehead atoms. The number of ether oxygens (including phenoxy) is 2. The van der Waals surface area contributed by atoms with Gasteiger partial charge in [0.1, 0.15) is 11.3 Å². The van der Waals surface area contributed by atoms with Crippen LogP contribution in [0.1, 0.15) is 16.8 Å². The van der Waals surface area contributed by atoms with Crippen molar-refractivity contribution in [2.24, 2.45) is 0 Å². The van der Waals surface area contributed by atoms with E-state index in [-0.39, 0.29) is 5.75 Å². The summed E-state index contributed by atoms with van der Waals surface area (Å²) < 4.78 is 233. The summed E-state index contributed by atoms with van der Waals surface area (Å²) in [6.45, 7) is -2.04. The second-order valence-corrected chi connectivity index (χ2v) is 7.23. The molecule has 0 aliphatic rings. The molecule has 0 heterocycles. The van der Waals surface area contributed by atoms with Gasteiger partial charge in [-0.3, -0.25) is 0 Å². The highest BCUT2D eigenvalue weighted by Gasteiger charge is 2.95. The van der Waals surface area contributed by atoms with Gasteiger partial charge < -0.3 is 9.47 Å². The van der Waals surface area contributed by atoms with Gasteiger partial charge in [0.15, 0.2) is 0 Å². The SMILES string of the molecule is COc1ccccc1C(=O)OCCC(F)(F)C(F)(F)C(F)(F)C(F)(F)C(F)(F)C(F)(F)C(F)(F)C(F)(F)F. The first-order valence-electron chi connectivity index (χ1n) is 9.20. The quantitative estimate of drug-likeness (QED) is 0.199. The Morgan fingerprint density at radius 3 is 1.45 bits per heavy atom. The van der Waals surface area contributed by atoms with E-state index >= 15 is 0 Å². The van der Waals surface area contributed by atoms with Crippen molar-refractivity contribution < 1.29 is 88.9 Å². The fraction of sp³-hybridized carbons (Fsp3) is 0.611. The first-order valence-corrected chi connectivity index (χ1v) is 9.20. The zero-order valence-electron chi connectivity index (χ0n) is 17.9. The van der Waals surface area contributed by atoms with Gasteiger partial charge in [-0.25, -0.2) is 4.79 Å². The number of esters is 1. The molecule has 0 atom stereocenters. The average molecular weight is 598 g/mol. The topological polar surface area (TPSA) is 35.5 Å². The Hall–Kier alpha value is -2.70. The highest BCUT2D eigenvalue weighted by Crippen LogP contribution is 2.64. The Bertz CT molecular complexity index is 1000. The van der Waals surface area contributed by atoms with Crippen molar-refractivity contribution in [1.29, 1.82) is 0 Å². The summed E-state index contributed by atoms with van der Waals surface area (Å²) >= 11 is 0. The molecule has 0 saturated heterocycles. The minimum atomic E-state index is -8.70. The molecule has 3 nitrogen and oxygen atoms in total. The van der Waals surface area contributed by atoms with Crippen LogP contribution in [0.25, 0.3) is 0 Å². The van der Waals surface area contributed by atoms with Crippen LogP contribution >= 0.6 is 0 Å². The summed E-state index contributed by atoms with van der Waals surface area (Å²) in [5.74, 6) is -59.0. The van der Waals surface area contributed by atoms with E-state index in [0.717, 1.165) is 25.3 Å². The van der Waals surface area contributed by atoms with Gasteiger partial charge in [0, 0.05) is 0 Å². The van der Waals surface area contributed by atoms with E-state index in [1.165, 1.54) is 6.07 Å². The molecular weight excluding hydrogens is 587 g/mol. The standard InChI is InChI=1S/C18H11F17O3/c1-37-9-5-3-2-4-8(9)10(36)38-7-6-11(19,20)12(21,22)13(23,24)14(25,26)15(27,28)16(29,30)17(31,32)18(33,34)35/h2-5H,6-7H2,1H3. The third-order valence-electron chi connectivity index (χ3n) is 4.76. The Morgan fingerprint density at radius 1 is 0.632 bits per heavy atom. The van der Waals surface area contributed by atoms with Crippen molar-refractivity contribution >= 4 is 5.97 Å². The maximum Gasteiger partial charge on any atom is 0.460 e. The van der Waals surface area contributed by atoms with E-state index in [2.05, 4.69) is 9.47 Å². The van der Waals surface area contributed by atoms with E-state index in [1.54, 1.807) is 0 Å². The highest BCUT2D eigenvalue weighted by atomic mass is 19.4. The normalized spacial score (nSPS) is 14.9. The Labute approximate surface area is 199 Å². The molecular formula is C18H11F17O3. The van der Waals surface area contributed by atoms with Crippen LogP contribution in [0.2, 0.25) is 0 Å². The number of methoxy groups -OCH3 is 1. The van der Waals surface area contributed by atoms with Gasteiger partial charge in [0.2, 0.25) is 0 Å². The fourth-order valence-electron chi connectivity index (χ4n) is 2.52. The number of benzene rings is 1. The second kappa shape index (κ2) is 9.80. The number of carbonyl (C=O) groups is 1. The van der Waals surface area contributed by atoms with Gasteiger partial charge >= 0.3 is 53.6 Å². The Kier molecular flexibility index (Phi) is 8.59. The molecule has 0 spiro atoms. The minimum absolute atomic E-state index is 0.306. The van der Waals surface area contributed by atoms with E-state index in [9.17, 15) is 79.4 Å². The monoisotopic (exact) mass is 598 g/mol. The van der Waals surface area contributed by atoms with Gasteiger partial charge in [-0.1, -0.05) is 12.1 Å². The van der Waals surface area contributed by atoms with Crippen LogP contribution in [-0.2, 0) is 4.74 Å². The van der Waals surface area contributed by atoms with Crippen molar-refractivity contribution in [1.82, 2.24) is 0 Å². The smallest absolute Gasteiger partial charge is 0.460 e. The van der Waals surface area contributed by atoms with Crippen LogP contribution in [0.4, 0.5) is 74.6 Å². The predicted octanol–water partition coefficient (Wildman–Crippen LogP) is 7.25. The zero-order chi connectivity index (χ0) is 30.4. The number of para-hydroxylation sites is 1. The summed E-state index contributed by atoms with van der Waals surface area (Å²) in [5.41, 5.74) is -0.575. The molecule has 1 rings (SSSR count). The molecule has 0 aliphatic heterocycles. The van der Waals surface area contributed by atoms with Gasteiger partial charge in [0.05, 0.1) is 20.1 Å². The summed E-state index contributed by atoms with van der Waals surface area (Å²) in [5, 5.41) is 0. The minimum Gasteiger partial charge on any atom is -0.496 e. The zero-order valence-corrected chi connectivity index (χ0v) is 17.9. The van der Waals surface area contributed by atoms with E-state index in [1.807, 2.05) is 0 Å². The molecule has 0 radical (unpaired) electrons. The molecule has 0 N–H and O–H groups in total. The number of alkyl halides is 17. The Morgan fingerprint density at radius 2 is 1.03 bits per heavy atom. The maximum atomic E-state index is 13.8. The lowest BCUT2D eigenvalue weighted by molar-refractivity contribution is -0.461. The van der Waals surface area contributed by atoms with Gasteiger partial charge in [0.25, 0.3) is 0 Å². The summed E-state index contributed by atoms with van der Waals surface area (Å²) in [4.78, 5) is 11.8. The Balaban J connectivity index is 3.31. The molecule has 1 aromatic rings. The molecule has 20 heteroatoms. The first-order chi connectivity index (χ1) is 16.7. The molecule has 38 heavy (non-hydrogen) atoms. The maximum absolute atomic E-state index is 13.8. The van der Waals surface area contributed by atoms with E-state index in [0.29, 0.717) is 0 Å². The third-order valence-corrected chi connectivity index (χ3v) is 4.76. The molecule has 0 aromatic heterocycles. The summed E-state index contributed by atoms with van der Waals surface area (Å²) in [6, 6.07) is 4.38. The van der Waals surface area contributed by atoms with Gasteiger partial charge in [-0.15, -0.1) is 0 Å². The van der Waals surface area contributed by atoms with Crippen molar-refractivity contribution in [3.8, 4) is 5.75 Å². The summed E-state index contributed by atoms with van der Waals surface area (Å²) in [7, 11) is 0.979. The average Bonchev–Trinajstić information content (AvgIpc) is 2.77. The lowest BCUT2D eigenvalue weighted by Gasteiger charge is -2.42.